The summed E-state index contributed by atoms with van der Waals surface area (Å²) < 4.78 is 5.62. The number of aliphatic carboxylic acids is 1. The second kappa shape index (κ2) is 6.81. The molecule has 1 amide bonds. The lowest BCUT2D eigenvalue weighted by atomic mass is 9.54. The highest BCUT2D eigenvalue weighted by atomic mass is 32.1. The maximum Gasteiger partial charge on any atom is 0.330 e. The first-order chi connectivity index (χ1) is 12.3. The first kappa shape index (κ1) is 18.5. The van der Waals surface area contributed by atoms with Crippen molar-refractivity contribution in [2.45, 2.75) is 38.8 Å². The molecule has 1 aliphatic rings. The molecule has 0 aliphatic heterocycles. The van der Waals surface area contributed by atoms with Crippen molar-refractivity contribution in [3.63, 3.8) is 0 Å². The van der Waals surface area contributed by atoms with Crippen molar-refractivity contribution in [2.24, 2.45) is 5.41 Å². The van der Waals surface area contributed by atoms with E-state index in [2.05, 4.69) is 10.3 Å². The summed E-state index contributed by atoms with van der Waals surface area (Å²) in [7, 11) is 0. The van der Waals surface area contributed by atoms with E-state index in [1.165, 1.54) is 11.3 Å². The number of hydrogen-bond donors (Lipinski definition) is 2. The summed E-state index contributed by atoms with van der Waals surface area (Å²) in [5.74, 6) is -1.53. The van der Waals surface area contributed by atoms with E-state index in [1.54, 1.807) is 5.38 Å². The average Bonchev–Trinajstić information content (AvgIpc) is 3.11. The van der Waals surface area contributed by atoms with Crippen LogP contribution in [0.15, 0.2) is 35.7 Å². The molecule has 0 saturated heterocycles. The van der Waals surface area contributed by atoms with Gasteiger partial charge in [-0.1, -0.05) is 44.2 Å². The van der Waals surface area contributed by atoms with Crippen molar-refractivity contribution in [2.75, 3.05) is 6.61 Å². The summed E-state index contributed by atoms with van der Waals surface area (Å²) in [6, 6.07) is 9.55. The number of hydrogen-bond acceptors (Lipinski definition) is 5. The van der Waals surface area contributed by atoms with Gasteiger partial charge in [0.2, 0.25) is 0 Å². The van der Waals surface area contributed by atoms with Crippen molar-refractivity contribution < 1.29 is 19.4 Å². The first-order valence-corrected chi connectivity index (χ1v) is 9.38. The highest BCUT2D eigenvalue weighted by Gasteiger charge is 2.66. The van der Waals surface area contributed by atoms with Crippen LogP contribution < -0.4 is 5.32 Å². The number of ether oxygens (including phenoxy) is 1. The van der Waals surface area contributed by atoms with Gasteiger partial charge in [-0.2, -0.15) is 0 Å². The number of rotatable bonds is 6. The molecule has 2 aromatic rings. The minimum absolute atomic E-state index is 0.209. The number of thiazole rings is 1. The molecule has 1 saturated carbocycles. The minimum Gasteiger partial charge on any atom is -0.479 e. The number of carbonyl (C=O) groups is 2. The number of nitrogens with one attached hydrogen (secondary N) is 1. The highest BCUT2D eigenvalue weighted by molar-refractivity contribution is 7.13. The minimum atomic E-state index is -1.36. The molecule has 6 nitrogen and oxygen atoms in total. The van der Waals surface area contributed by atoms with Crippen LogP contribution in [0.1, 0.15) is 37.7 Å². The van der Waals surface area contributed by atoms with Gasteiger partial charge in [-0.15, -0.1) is 11.3 Å². The Hall–Kier alpha value is -2.25. The Bertz CT molecular complexity index is 818. The van der Waals surface area contributed by atoms with Crippen molar-refractivity contribution >= 4 is 23.2 Å². The molecule has 1 heterocycles. The lowest BCUT2D eigenvalue weighted by molar-refractivity contribution is -0.190. The van der Waals surface area contributed by atoms with E-state index in [0.29, 0.717) is 6.61 Å². The third-order valence-electron chi connectivity index (χ3n) is 5.21. The number of amides is 1. The zero-order valence-corrected chi connectivity index (χ0v) is 15.8. The SMILES string of the molecule is CCOC1CC(NC(=O)c2csc(-c3ccccc3)n2)(C(=O)O)C1(C)C. The Morgan fingerprint density at radius 2 is 2.04 bits per heavy atom. The molecular formula is C19H22N2O4S. The summed E-state index contributed by atoms with van der Waals surface area (Å²) in [4.78, 5) is 29.0. The topological polar surface area (TPSA) is 88.5 Å². The maximum absolute atomic E-state index is 12.7. The quantitative estimate of drug-likeness (QED) is 0.811. The molecule has 7 heteroatoms. The highest BCUT2D eigenvalue weighted by Crippen LogP contribution is 2.51. The second-order valence-corrected chi connectivity index (χ2v) is 7.80. The predicted molar refractivity (Wildman–Crippen MR) is 99.2 cm³/mol. The molecule has 0 spiro atoms. The van der Waals surface area contributed by atoms with Crippen LogP contribution in [0.2, 0.25) is 0 Å². The molecule has 138 valence electrons. The summed E-state index contributed by atoms with van der Waals surface area (Å²) in [6.45, 7) is 5.99. The number of carboxylic acids is 1. The monoisotopic (exact) mass is 374 g/mol. The summed E-state index contributed by atoms with van der Waals surface area (Å²) >= 11 is 1.36. The fourth-order valence-corrected chi connectivity index (χ4v) is 4.19. The van der Waals surface area contributed by atoms with E-state index in [1.807, 2.05) is 51.1 Å². The predicted octanol–water partition coefficient (Wildman–Crippen LogP) is 3.20. The number of carbonyl (C=O) groups excluding carboxylic acids is 1. The van der Waals surface area contributed by atoms with Gasteiger partial charge in [0.1, 0.15) is 16.2 Å². The van der Waals surface area contributed by atoms with Crippen LogP contribution in [-0.2, 0) is 9.53 Å². The van der Waals surface area contributed by atoms with Crippen molar-refractivity contribution in [3.05, 3.63) is 41.4 Å². The normalized spacial score (nSPS) is 23.9. The fourth-order valence-electron chi connectivity index (χ4n) is 3.39. The maximum atomic E-state index is 12.7. The van der Waals surface area contributed by atoms with Gasteiger partial charge in [0.25, 0.3) is 5.91 Å². The molecule has 3 rings (SSSR count). The third kappa shape index (κ3) is 2.91. The smallest absolute Gasteiger partial charge is 0.330 e. The van der Waals surface area contributed by atoms with Crippen molar-refractivity contribution in [3.8, 4) is 10.6 Å². The summed E-state index contributed by atoms with van der Waals surface area (Å²) in [5.41, 5.74) is -0.932. The zero-order valence-electron chi connectivity index (χ0n) is 15.0. The van der Waals surface area contributed by atoms with E-state index in [-0.39, 0.29) is 18.2 Å². The van der Waals surface area contributed by atoms with Crippen molar-refractivity contribution in [1.82, 2.24) is 10.3 Å². The molecule has 1 aromatic carbocycles. The van der Waals surface area contributed by atoms with Crippen LogP contribution in [0.4, 0.5) is 0 Å². The average molecular weight is 374 g/mol. The molecule has 2 atom stereocenters. The van der Waals surface area contributed by atoms with Gasteiger partial charge in [0.15, 0.2) is 0 Å². The molecule has 1 aliphatic carbocycles. The molecule has 0 bridgehead atoms. The van der Waals surface area contributed by atoms with Gasteiger partial charge in [-0.05, 0) is 6.92 Å². The lowest BCUT2D eigenvalue weighted by Crippen LogP contribution is -2.76. The van der Waals surface area contributed by atoms with Crippen LogP contribution in [0, 0.1) is 5.41 Å². The van der Waals surface area contributed by atoms with Gasteiger partial charge in [0.05, 0.1) is 6.10 Å². The van der Waals surface area contributed by atoms with Gasteiger partial charge in [0, 0.05) is 29.4 Å². The molecular weight excluding hydrogens is 352 g/mol. The van der Waals surface area contributed by atoms with E-state index in [4.69, 9.17) is 4.74 Å². The Morgan fingerprint density at radius 3 is 2.62 bits per heavy atom. The number of benzene rings is 1. The van der Waals surface area contributed by atoms with Crippen LogP contribution >= 0.6 is 11.3 Å². The Labute approximate surface area is 156 Å². The van der Waals surface area contributed by atoms with Crippen LogP contribution in [0.25, 0.3) is 10.6 Å². The fraction of sp³-hybridized carbons (Fsp3) is 0.421. The van der Waals surface area contributed by atoms with E-state index in [0.717, 1.165) is 10.6 Å². The van der Waals surface area contributed by atoms with Crippen LogP contribution in [0.5, 0.6) is 0 Å². The van der Waals surface area contributed by atoms with Crippen LogP contribution in [-0.4, -0.2) is 40.2 Å². The van der Waals surface area contributed by atoms with E-state index in [9.17, 15) is 14.7 Å². The Kier molecular flexibility index (Phi) is 4.86. The summed E-state index contributed by atoms with van der Waals surface area (Å²) in [5, 5.41) is 14.9. The second-order valence-electron chi connectivity index (χ2n) is 6.94. The number of carboxylic acid groups (broad SMARTS) is 1. The van der Waals surface area contributed by atoms with Crippen molar-refractivity contribution in [1.29, 1.82) is 0 Å². The van der Waals surface area contributed by atoms with Gasteiger partial charge in [-0.3, -0.25) is 4.79 Å². The van der Waals surface area contributed by atoms with Gasteiger partial charge in [-0.25, -0.2) is 9.78 Å². The molecule has 0 radical (unpaired) electrons. The first-order valence-electron chi connectivity index (χ1n) is 8.50. The molecule has 1 fully saturated rings. The Morgan fingerprint density at radius 1 is 1.35 bits per heavy atom. The summed E-state index contributed by atoms with van der Waals surface area (Å²) in [6.07, 6.45) is 0.0316. The van der Waals surface area contributed by atoms with E-state index >= 15 is 0 Å². The van der Waals surface area contributed by atoms with Crippen LogP contribution in [0.3, 0.4) is 0 Å². The third-order valence-corrected chi connectivity index (χ3v) is 6.11. The lowest BCUT2D eigenvalue weighted by Gasteiger charge is -2.58. The zero-order chi connectivity index (χ0) is 18.9. The number of nitrogens with zero attached hydrogens (tertiary/aromatic N) is 1. The molecule has 26 heavy (non-hydrogen) atoms. The standard InChI is InChI=1S/C19H22N2O4S/c1-4-25-14-10-19(17(23)24,18(14,2)3)21-15(22)13-11-26-16(20-13)12-8-6-5-7-9-12/h5-9,11,14H,4,10H2,1-3H3,(H,21,22)(H,23,24). The molecule has 1 aromatic heterocycles. The Balaban J connectivity index is 1.80. The largest absolute Gasteiger partial charge is 0.479 e. The van der Waals surface area contributed by atoms with E-state index < -0.39 is 22.8 Å². The van der Waals surface area contributed by atoms with Gasteiger partial charge >= 0.3 is 5.97 Å². The number of aromatic nitrogens is 1. The molecule has 2 N–H and O–H groups in total. The van der Waals surface area contributed by atoms with Gasteiger partial charge < -0.3 is 15.2 Å². The molecule has 2 unspecified atom stereocenters.